The van der Waals surface area contributed by atoms with Crippen molar-refractivity contribution >= 4 is 29.2 Å². The van der Waals surface area contributed by atoms with E-state index in [1.807, 2.05) is 42.5 Å². The van der Waals surface area contributed by atoms with E-state index in [-0.39, 0.29) is 5.91 Å². The van der Waals surface area contributed by atoms with E-state index in [0.717, 1.165) is 55.0 Å². The highest BCUT2D eigenvalue weighted by Crippen LogP contribution is 2.26. The second-order valence-electron chi connectivity index (χ2n) is 7.49. The predicted molar refractivity (Wildman–Crippen MR) is 125 cm³/mol. The Bertz CT molecular complexity index is 873. The summed E-state index contributed by atoms with van der Waals surface area (Å²) in [6.45, 7) is 7.03. The van der Waals surface area contributed by atoms with Crippen LogP contribution in [0.3, 0.4) is 0 Å². The van der Waals surface area contributed by atoms with E-state index >= 15 is 0 Å². The highest BCUT2D eigenvalue weighted by molar-refractivity contribution is 6.33. The second-order valence-corrected chi connectivity index (χ2v) is 7.90. The number of para-hydroxylation sites is 1. The lowest BCUT2D eigenvalue weighted by Crippen LogP contribution is -2.52. The zero-order chi connectivity index (χ0) is 21.5. The predicted octanol–water partition coefficient (Wildman–Crippen LogP) is 3.33. The SMILES string of the molecule is CCNC(=NCc1ccc(C(=O)N(C)C)cc1)N1CCN(c2ccccc2Cl)CC1. The molecule has 0 spiro atoms. The van der Waals surface area contributed by atoms with E-state index in [9.17, 15) is 4.79 Å². The van der Waals surface area contributed by atoms with Crippen molar-refractivity contribution in [2.75, 3.05) is 51.7 Å². The molecule has 1 N–H and O–H groups in total. The van der Waals surface area contributed by atoms with Gasteiger partial charge in [-0.1, -0.05) is 35.9 Å². The highest BCUT2D eigenvalue weighted by atomic mass is 35.5. The average Bonchev–Trinajstić information content (AvgIpc) is 2.77. The average molecular weight is 428 g/mol. The van der Waals surface area contributed by atoms with Gasteiger partial charge in [0.05, 0.1) is 17.3 Å². The molecule has 6 nitrogen and oxygen atoms in total. The number of anilines is 1. The molecule has 7 heteroatoms. The Morgan fingerprint density at radius 2 is 1.73 bits per heavy atom. The quantitative estimate of drug-likeness (QED) is 0.587. The molecule has 0 bridgehead atoms. The molecular weight excluding hydrogens is 398 g/mol. The maximum atomic E-state index is 12.0. The van der Waals surface area contributed by atoms with Gasteiger partial charge in [0.25, 0.3) is 5.91 Å². The van der Waals surface area contributed by atoms with Gasteiger partial charge in [-0.15, -0.1) is 0 Å². The van der Waals surface area contributed by atoms with Crippen molar-refractivity contribution in [3.63, 3.8) is 0 Å². The molecule has 0 saturated carbocycles. The monoisotopic (exact) mass is 427 g/mol. The van der Waals surface area contributed by atoms with Gasteiger partial charge in [-0.3, -0.25) is 4.79 Å². The van der Waals surface area contributed by atoms with Gasteiger partial charge in [-0.25, -0.2) is 4.99 Å². The summed E-state index contributed by atoms with van der Waals surface area (Å²) in [6, 6.07) is 15.7. The van der Waals surface area contributed by atoms with Crippen LogP contribution in [0.15, 0.2) is 53.5 Å². The summed E-state index contributed by atoms with van der Waals surface area (Å²) in [7, 11) is 3.52. The van der Waals surface area contributed by atoms with Gasteiger partial charge < -0.3 is 20.0 Å². The summed E-state index contributed by atoms with van der Waals surface area (Å²) < 4.78 is 0. The first-order valence-electron chi connectivity index (χ1n) is 10.3. The number of nitrogens with one attached hydrogen (secondary N) is 1. The normalized spacial score (nSPS) is 14.6. The summed E-state index contributed by atoms with van der Waals surface area (Å²) in [5.41, 5.74) is 2.86. The largest absolute Gasteiger partial charge is 0.367 e. The summed E-state index contributed by atoms with van der Waals surface area (Å²) in [5, 5.41) is 4.20. The number of rotatable bonds is 5. The van der Waals surface area contributed by atoms with E-state index in [0.29, 0.717) is 12.1 Å². The van der Waals surface area contributed by atoms with Crippen molar-refractivity contribution in [1.82, 2.24) is 15.1 Å². The number of guanidine groups is 1. The molecule has 0 radical (unpaired) electrons. The number of carbonyl (C=O) groups excluding carboxylic acids is 1. The number of carbonyl (C=O) groups is 1. The molecule has 0 aromatic heterocycles. The van der Waals surface area contributed by atoms with Crippen LogP contribution in [0.1, 0.15) is 22.8 Å². The Kier molecular flexibility index (Phi) is 7.57. The van der Waals surface area contributed by atoms with Gasteiger partial charge in [0, 0.05) is 52.4 Å². The molecule has 1 fully saturated rings. The van der Waals surface area contributed by atoms with E-state index < -0.39 is 0 Å². The van der Waals surface area contributed by atoms with Gasteiger partial charge >= 0.3 is 0 Å². The van der Waals surface area contributed by atoms with Crippen LogP contribution in [-0.4, -0.2) is 68.5 Å². The molecular formula is C23H30ClN5O. The molecule has 2 aromatic rings. The fraction of sp³-hybridized carbons (Fsp3) is 0.391. The molecule has 0 aliphatic carbocycles. The molecule has 1 amide bonds. The maximum Gasteiger partial charge on any atom is 0.253 e. The first kappa shape index (κ1) is 22.0. The van der Waals surface area contributed by atoms with Crippen molar-refractivity contribution in [3.05, 3.63) is 64.7 Å². The molecule has 1 heterocycles. The van der Waals surface area contributed by atoms with Gasteiger partial charge in [0.1, 0.15) is 0 Å². The minimum absolute atomic E-state index is 0.00906. The number of piperazine rings is 1. The van der Waals surface area contributed by atoms with Gasteiger partial charge in [-0.2, -0.15) is 0 Å². The molecule has 2 aromatic carbocycles. The first-order valence-corrected chi connectivity index (χ1v) is 10.7. The fourth-order valence-electron chi connectivity index (χ4n) is 3.47. The molecule has 30 heavy (non-hydrogen) atoms. The molecule has 0 unspecified atom stereocenters. The number of hydrogen-bond acceptors (Lipinski definition) is 3. The number of aliphatic imine (C=N–C) groups is 1. The fourth-order valence-corrected chi connectivity index (χ4v) is 3.73. The second kappa shape index (κ2) is 10.3. The highest BCUT2D eigenvalue weighted by Gasteiger charge is 2.21. The third-order valence-corrected chi connectivity index (χ3v) is 5.45. The topological polar surface area (TPSA) is 51.2 Å². The zero-order valence-corrected chi connectivity index (χ0v) is 18.7. The van der Waals surface area contributed by atoms with Crippen molar-refractivity contribution in [3.8, 4) is 0 Å². The van der Waals surface area contributed by atoms with Crippen LogP contribution < -0.4 is 10.2 Å². The molecule has 1 saturated heterocycles. The van der Waals surface area contributed by atoms with E-state index in [1.165, 1.54) is 0 Å². The standard InChI is InChI=1S/C23H30ClN5O/c1-4-25-23(26-17-18-9-11-19(12-10-18)22(30)27(2)3)29-15-13-28(14-16-29)21-8-6-5-7-20(21)24/h5-12H,4,13-17H2,1-3H3,(H,25,26). The van der Waals surface area contributed by atoms with E-state index in [4.69, 9.17) is 16.6 Å². The number of hydrogen-bond donors (Lipinski definition) is 1. The minimum Gasteiger partial charge on any atom is -0.367 e. The van der Waals surface area contributed by atoms with Crippen molar-refractivity contribution < 1.29 is 4.79 Å². The lowest BCUT2D eigenvalue weighted by atomic mass is 10.1. The number of benzene rings is 2. The Labute approximate surface area is 184 Å². The molecule has 3 rings (SSSR count). The lowest BCUT2D eigenvalue weighted by Gasteiger charge is -2.38. The number of amides is 1. The summed E-state index contributed by atoms with van der Waals surface area (Å²) in [4.78, 5) is 23.1. The Hall–Kier alpha value is -2.73. The Morgan fingerprint density at radius 1 is 1.07 bits per heavy atom. The van der Waals surface area contributed by atoms with Crippen LogP contribution in [0.5, 0.6) is 0 Å². The summed E-state index contributed by atoms with van der Waals surface area (Å²) in [6.07, 6.45) is 0. The number of nitrogens with zero attached hydrogens (tertiary/aromatic N) is 4. The molecule has 160 valence electrons. The Morgan fingerprint density at radius 3 is 2.33 bits per heavy atom. The summed E-state index contributed by atoms with van der Waals surface area (Å²) in [5.74, 6) is 0.930. The minimum atomic E-state index is 0.00906. The first-order chi connectivity index (χ1) is 14.5. The maximum absolute atomic E-state index is 12.0. The molecule has 1 aliphatic rings. The van der Waals surface area contributed by atoms with Crippen molar-refractivity contribution in [1.29, 1.82) is 0 Å². The lowest BCUT2D eigenvalue weighted by molar-refractivity contribution is 0.0827. The molecule has 1 aliphatic heterocycles. The Balaban J connectivity index is 1.62. The van der Waals surface area contributed by atoms with Crippen LogP contribution in [0.25, 0.3) is 0 Å². The van der Waals surface area contributed by atoms with E-state index in [2.05, 4.69) is 28.1 Å². The third kappa shape index (κ3) is 5.45. The van der Waals surface area contributed by atoms with Crippen LogP contribution in [0.2, 0.25) is 5.02 Å². The van der Waals surface area contributed by atoms with Crippen molar-refractivity contribution in [2.45, 2.75) is 13.5 Å². The van der Waals surface area contributed by atoms with Crippen LogP contribution in [-0.2, 0) is 6.54 Å². The zero-order valence-electron chi connectivity index (χ0n) is 17.9. The van der Waals surface area contributed by atoms with Crippen LogP contribution >= 0.6 is 11.6 Å². The van der Waals surface area contributed by atoms with Crippen LogP contribution in [0, 0.1) is 0 Å². The summed E-state index contributed by atoms with van der Waals surface area (Å²) >= 11 is 6.36. The van der Waals surface area contributed by atoms with Gasteiger partial charge in [0.15, 0.2) is 5.96 Å². The number of halogens is 1. The van der Waals surface area contributed by atoms with Gasteiger partial charge in [0.2, 0.25) is 0 Å². The molecule has 0 atom stereocenters. The van der Waals surface area contributed by atoms with E-state index in [1.54, 1.807) is 19.0 Å². The van der Waals surface area contributed by atoms with Crippen molar-refractivity contribution in [2.24, 2.45) is 4.99 Å². The smallest absolute Gasteiger partial charge is 0.253 e. The van der Waals surface area contributed by atoms with Gasteiger partial charge in [-0.05, 0) is 36.8 Å². The third-order valence-electron chi connectivity index (χ3n) is 5.13. The van der Waals surface area contributed by atoms with Crippen LogP contribution in [0.4, 0.5) is 5.69 Å².